The van der Waals surface area contributed by atoms with Crippen molar-refractivity contribution in [2.75, 3.05) is 19.6 Å². The molecule has 1 fully saturated rings. The summed E-state index contributed by atoms with van der Waals surface area (Å²) >= 11 is 0. The summed E-state index contributed by atoms with van der Waals surface area (Å²) in [5, 5.41) is 0. The first-order valence-corrected chi connectivity index (χ1v) is 5.11. The normalized spacial score (nSPS) is 32.8. The molecule has 0 bridgehead atoms. The van der Waals surface area contributed by atoms with E-state index in [1.807, 2.05) is 0 Å². The van der Waals surface area contributed by atoms with Gasteiger partial charge in [-0.25, -0.2) is 0 Å². The van der Waals surface area contributed by atoms with Crippen molar-refractivity contribution >= 4 is 0 Å². The highest BCUT2D eigenvalue weighted by molar-refractivity contribution is 4.94. The molecule has 12 heavy (non-hydrogen) atoms. The number of nitrogens with zero attached hydrogens (tertiary/aromatic N) is 1. The van der Waals surface area contributed by atoms with Crippen molar-refractivity contribution in [1.29, 1.82) is 0 Å². The van der Waals surface area contributed by atoms with E-state index in [1.165, 1.54) is 26.1 Å². The molecule has 0 spiro atoms. The Morgan fingerprint density at radius 1 is 1.33 bits per heavy atom. The van der Waals surface area contributed by atoms with Crippen LogP contribution in [0.3, 0.4) is 0 Å². The van der Waals surface area contributed by atoms with Crippen LogP contribution in [-0.2, 0) is 0 Å². The molecule has 0 aromatic carbocycles. The first-order chi connectivity index (χ1) is 5.39. The summed E-state index contributed by atoms with van der Waals surface area (Å²) in [6.45, 7) is 15.6. The lowest BCUT2D eigenvalue weighted by molar-refractivity contribution is 0.116. The molecule has 0 amide bonds. The Labute approximate surface area is 77.1 Å². The molecule has 1 saturated heterocycles. The maximum atomic E-state index is 2.56. The maximum absolute atomic E-state index is 2.56. The predicted octanol–water partition coefficient (Wildman–Crippen LogP) is 2.76. The molecule has 1 unspecified atom stereocenters. The van der Waals surface area contributed by atoms with Crippen molar-refractivity contribution in [1.82, 2.24) is 4.90 Å². The topological polar surface area (TPSA) is 3.24 Å². The van der Waals surface area contributed by atoms with Gasteiger partial charge in [-0.1, -0.05) is 34.6 Å². The van der Waals surface area contributed by atoms with Gasteiger partial charge in [0.05, 0.1) is 0 Å². The number of likely N-dealkylation sites (tertiary alicyclic amines) is 1. The highest BCUT2D eigenvalue weighted by Crippen LogP contribution is 2.45. The van der Waals surface area contributed by atoms with Crippen LogP contribution in [0.2, 0.25) is 0 Å². The van der Waals surface area contributed by atoms with E-state index in [4.69, 9.17) is 0 Å². The van der Waals surface area contributed by atoms with Crippen molar-refractivity contribution in [3.8, 4) is 0 Å². The highest BCUT2D eigenvalue weighted by atomic mass is 15.1. The molecule has 0 aromatic heterocycles. The zero-order valence-electron chi connectivity index (χ0n) is 9.28. The SMILES string of the molecule is CCN1CCC(C)(C(C)(C)C)C1. The van der Waals surface area contributed by atoms with Crippen LogP contribution in [0.5, 0.6) is 0 Å². The molecule has 0 aliphatic carbocycles. The number of rotatable bonds is 1. The lowest BCUT2D eigenvalue weighted by Crippen LogP contribution is -2.35. The number of hydrogen-bond acceptors (Lipinski definition) is 1. The van der Waals surface area contributed by atoms with Crippen molar-refractivity contribution in [3.63, 3.8) is 0 Å². The van der Waals surface area contributed by atoms with Gasteiger partial charge in [0.1, 0.15) is 0 Å². The lowest BCUT2D eigenvalue weighted by Gasteiger charge is -2.38. The Kier molecular flexibility index (Phi) is 2.53. The number of hydrogen-bond donors (Lipinski definition) is 0. The minimum atomic E-state index is 0.455. The monoisotopic (exact) mass is 169 g/mol. The minimum Gasteiger partial charge on any atom is -0.303 e. The molecule has 0 aromatic rings. The van der Waals surface area contributed by atoms with Gasteiger partial charge < -0.3 is 4.90 Å². The van der Waals surface area contributed by atoms with E-state index in [0.29, 0.717) is 10.8 Å². The zero-order valence-corrected chi connectivity index (χ0v) is 9.28. The molecule has 1 heteroatoms. The molecule has 0 saturated carbocycles. The second-order valence-corrected chi connectivity index (χ2v) is 5.43. The van der Waals surface area contributed by atoms with Gasteiger partial charge in [0.2, 0.25) is 0 Å². The Hall–Kier alpha value is -0.0400. The third kappa shape index (κ3) is 1.66. The first kappa shape index (κ1) is 10.0. The van der Waals surface area contributed by atoms with E-state index in [-0.39, 0.29) is 0 Å². The minimum absolute atomic E-state index is 0.455. The van der Waals surface area contributed by atoms with Gasteiger partial charge in [-0.15, -0.1) is 0 Å². The highest BCUT2D eigenvalue weighted by Gasteiger charge is 2.42. The largest absolute Gasteiger partial charge is 0.303 e. The van der Waals surface area contributed by atoms with E-state index >= 15 is 0 Å². The second-order valence-electron chi connectivity index (χ2n) is 5.43. The van der Waals surface area contributed by atoms with E-state index in [0.717, 1.165) is 0 Å². The van der Waals surface area contributed by atoms with E-state index < -0.39 is 0 Å². The smallest absolute Gasteiger partial charge is 0.00407 e. The molecule has 1 nitrogen and oxygen atoms in total. The van der Waals surface area contributed by atoms with Gasteiger partial charge in [-0.3, -0.25) is 0 Å². The van der Waals surface area contributed by atoms with Crippen LogP contribution >= 0.6 is 0 Å². The molecule has 1 atom stereocenters. The van der Waals surface area contributed by atoms with Crippen molar-refractivity contribution < 1.29 is 0 Å². The standard InChI is InChI=1S/C11H23N/c1-6-12-8-7-11(5,9-12)10(2,3)4/h6-9H2,1-5H3. The Morgan fingerprint density at radius 3 is 2.17 bits per heavy atom. The quantitative estimate of drug-likeness (QED) is 0.583. The Morgan fingerprint density at radius 2 is 1.92 bits per heavy atom. The summed E-state index contributed by atoms with van der Waals surface area (Å²) in [7, 11) is 0. The van der Waals surface area contributed by atoms with Crippen LogP contribution in [0.1, 0.15) is 41.0 Å². The van der Waals surface area contributed by atoms with Gasteiger partial charge in [0.15, 0.2) is 0 Å². The predicted molar refractivity (Wildman–Crippen MR) is 54.3 cm³/mol. The first-order valence-electron chi connectivity index (χ1n) is 5.11. The fourth-order valence-electron chi connectivity index (χ4n) is 1.94. The summed E-state index contributed by atoms with van der Waals surface area (Å²) in [4.78, 5) is 2.56. The summed E-state index contributed by atoms with van der Waals surface area (Å²) < 4.78 is 0. The molecular formula is C11H23N. The van der Waals surface area contributed by atoms with E-state index in [9.17, 15) is 0 Å². The zero-order chi connectivity index (χ0) is 9.41. The maximum Gasteiger partial charge on any atom is 0.00407 e. The van der Waals surface area contributed by atoms with Crippen LogP contribution in [0, 0.1) is 10.8 Å². The van der Waals surface area contributed by atoms with Crippen molar-refractivity contribution in [2.45, 2.75) is 41.0 Å². The Bertz CT molecular complexity index is 157. The fourth-order valence-corrected chi connectivity index (χ4v) is 1.94. The van der Waals surface area contributed by atoms with Crippen molar-refractivity contribution in [2.24, 2.45) is 10.8 Å². The van der Waals surface area contributed by atoms with Gasteiger partial charge >= 0.3 is 0 Å². The second kappa shape index (κ2) is 3.02. The van der Waals surface area contributed by atoms with Crippen LogP contribution < -0.4 is 0 Å². The van der Waals surface area contributed by atoms with Crippen LogP contribution in [0.25, 0.3) is 0 Å². The molecule has 1 aliphatic rings. The third-order valence-electron chi connectivity index (χ3n) is 3.81. The van der Waals surface area contributed by atoms with Crippen molar-refractivity contribution in [3.05, 3.63) is 0 Å². The van der Waals surface area contributed by atoms with Gasteiger partial charge in [-0.05, 0) is 30.3 Å². The van der Waals surface area contributed by atoms with Gasteiger partial charge in [0, 0.05) is 6.54 Å². The summed E-state index contributed by atoms with van der Waals surface area (Å²) in [6.07, 6.45) is 1.37. The van der Waals surface area contributed by atoms with Gasteiger partial charge in [0.25, 0.3) is 0 Å². The summed E-state index contributed by atoms with van der Waals surface area (Å²) in [6, 6.07) is 0. The van der Waals surface area contributed by atoms with Crippen LogP contribution in [-0.4, -0.2) is 24.5 Å². The summed E-state index contributed by atoms with van der Waals surface area (Å²) in [5.41, 5.74) is 0.986. The molecular weight excluding hydrogens is 146 g/mol. The van der Waals surface area contributed by atoms with E-state index in [1.54, 1.807) is 0 Å². The van der Waals surface area contributed by atoms with Crippen LogP contribution in [0.15, 0.2) is 0 Å². The average molecular weight is 169 g/mol. The third-order valence-corrected chi connectivity index (χ3v) is 3.81. The summed E-state index contributed by atoms with van der Waals surface area (Å²) in [5.74, 6) is 0. The van der Waals surface area contributed by atoms with Gasteiger partial charge in [-0.2, -0.15) is 0 Å². The molecule has 1 heterocycles. The molecule has 72 valence electrons. The average Bonchev–Trinajstić information content (AvgIpc) is 2.31. The molecule has 0 radical (unpaired) electrons. The fraction of sp³-hybridized carbons (Fsp3) is 1.00. The molecule has 0 N–H and O–H groups in total. The molecule has 1 rings (SSSR count). The molecule has 1 aliphatic heterocycles. The lowest BCUT2D eigenvalue weighted by atomic mass is 9.67. The van der Waals surface area contributed by atoms with Crippen LogP contribution in [0.4, 0.5) is 0 Å². The Balaban J connectivity index is 2.64. The van der Waals surface area contributed by atoms with E-state index in [2.05, 4.69) is 39.5 Å².